The maximum atomic E-state index is 5.78. The molecule has 3 nitrogen and oxygen atoms in total. The average molecular weight is 250 g/mol. The van der Waals surface area contributed by atoms with E-state index in [9.17, 15) is 0 Å². The third-order valence-corrected chi connectivity index (χ3v) is 3.11. The van der Waals surface area contributed by atoms with E-state index in [4.69, 9.17) is 14.2 Å². The third-order valence-electron chi connectivity index (χ3n) is 3.11. The number of rotatable bonds is 5. The average Bonchev–Trinajstić information content (AvgIpc) is 2.33. The highest BCUT2D eigenvalue weighted by Crippen LogP contribution is 2.30. The number of benzene rings is 1. The van der Waals surface area contributed by atoms with Gasteiger partial charge in [0.1, 0.15) is 12.4 Å². The van der Waals surface area contributed by atoms with Crippen LogP contribution in [0.15, 0.2) is 18.2 Å². The van der Waals surface area contributed by atoms with E-state index in [0.717, 1.165) is 18.8 Å². The molecular weight excluding hydrogens is 228 g/mol. The van der Waals surface area contributed by atoms with E-state index in [-0.39, 0.29) is 5.60 Å². The zero-order valence-corrected chi connectivity index (χ0v) is 11.5. The fourth-order valence-corrected chi connectivity index (χ4v) is 2.14. The first-order valence-corrected chi connectivity index (χ1v) is 6.57. The highest BCUT2D eigenvalue weighted by Gasteiger charge is 2.25. The second-order valence-corrected chi connectivity index (χ2v) is 5.20. The molecule has 0 saturated carbocycles. The summed E-state index contributed by atoms with van der Waals surface area (Å²) in [5, 5.41) is 0. The molecule has 0 aliphatic carbocycles. The van der Waals surface area contributed by atoms with Gasteiger partial charge < -0.3 is 14.2 Å². The van der Waals surface area contributed by atoms with Crippen LogP contribution < -0.4 is 4.74 Å². The zero-order valence-electron chi connectivity index (χ0n) is 11.5. The molecule has 0 radical (unpaired) electrons. The molecule has 0 spiro atoms. The van der Waals surface area contributed by atoms with Crippen molar-refractivity contribution in [1.29, 1.82) is 0 Å². The minimum Gasteiger partial charge on any atom is -0.491 e. The molecule has 100 valence electrons. The zero-order chi connectivity index (χ0) is 13.0. The molecule has 0 unspecified atom stereocenters. The molecule has 3 heteroatoms. The molecular formula is C15H22O3. The van der Waals surface area contributed by atoms with E-state index < -0.39 is 0 Å². The summed E-state index contributed by atoms with van der Waals surface area (Å²) in [6, 6.07) is 6.23. The maximum absolute atomic E-state index is 5.78. The van der Waals surface area contributed by atoms with Crippen molar-refractivity contribution in [2.45, 2.75) is 39.4 Å². The van der Waals surface area contributed by atoms with Crippen LogP contribution in [0.3, 0.4) is 0 Å². The quantitative estimate of drug-likeness (QED) is 0.752. The van der Waals surface area contributed by atoms with E-state index in [1.54, 1.807) is 0 Å². The molecule has 0 atom stereocenters. The van der Waals surface area contributed by atoms with Gasteiger partial charge in [-0.3, -0.25) is 0 Å². The molecule has 0 fully saturated rings. The first-order valence-electron chi connectivity index (χ1n) is 6.57. The van der Waals surface area contributed by atoms with Crippen LogP contribution in [0.2, 0.25) is 0 Å². The van der Waals surface area contributed by atoms with Crippen molar-refractivity contribution >= 4 is 0 Å². The largest absolute Gasteiger partial charge is 0.491 e. The molecule has 2 rings (SSSR count). The summed E-state index contributed by atoms with van der Waals surface area (Å²) in [5.74, 6) is 0.922. The van der Waals surface area contributed by atoms with Gasteiger partial charge in [0.05, 0.1) is 18.8 Å². The molecule has 18 heavy (non-hydrogen) atoms. The van der Waals surface area contributed by atoms with Gasteiger partial charge in [-0.25, -0.2) is 0 Å². The minimum atomic E-state index is -0.0725. The second-order valence-electron chi connectivity index (χ2n) is 5.20. The van der Waals surface area contributed by atoms with Gasteiger partial charge >= 0.3 is 0 Å². The summed E-state index contributed by atoms with van der Waals surface area (Å²) in [4.78, 5) is 0. The smallest absolute Gasteiger partial charge is 0.119 e. The van der Waals surface area contributed by atoms with Crippen LogP contribution in [0.5, 0.6) is 5.75 Å². The summed E-state index contributed by atoms with van der Waals surface area (Å²) < 4.78 is 16.7. The van der Waals surface area contributed by atoms with E-state index in [1.807, 2.05) is 13.0 Å². The Balaban J connectivity index is 1.98. The van der Waals surface area contributed by atoms with Crippen molar-refractivity contribution in [3.05, 3.63) is 29.3 Å². The van der Waals surface area contributed by atoms with Crippen molar-refractivity contribution in [2.75, 3.05) is 19.8 Å². The maximum Gasteiger partial charge on any atom is 0.119 e. The number of ether oxygens (including phenoxy) is 3. The molecule has 0 amide bonds. The fourth-order valence-electron chi connectivity index (χ4n) is 2.14. The molecule has 0 bridgehead atoms. The van der Waals surface area contributed by atoms with Crippen molar-refractivity contribution in [3.63, 3.8) is 0 Å². The monoisotopic (exact) mass is 250 g/mol. The number of hydrogen-bond donors (Lipinski definition) is 0. The highest BCUT2D eigenvalue weighted by atomic mass is 16.5. The molecule has 0 aromatic heterocycles. The minimum absolute atomic E-state index is 0.0725. The fraction of sp³-hybridized carbons (Fsp3) is 0.600. The lowest BCUT2D eigenvalue weighted by Gasteiger charge is -2.32. The van der Waals surface area contributed by atoms with Gasteiger partial charge in [0, 0.05) is 13.0 Å². The molecule has 1 aliphatic heterocycles. The van der Waals surface area contributed by atoms with Crippen molar-refractivity contribution in [1.82, 2.24) is 0 Å². The Kier molecular flexibility index (Phi) is 4.25. The van der Waals surface area contributed by atoms with E-state index in [2.05, 4.69) is 26.0 Å². The van der Waals surface area contributed by atoms with Gasteiger partial charge in [-0.15, -0.1) is 0 Å². The van der Waals surface area contributed by atoms with Crippen molar-refractivity contribution in [3.8, 4) is 5.75 Å². The lowest BCUT2D eigenvalue weighted by atomic mass is 9.92. The summed E-state index contributed by atoms with van der Waals surface area (Å²) in [6.07, 6.45) is 0.936. The number of hydrogen-bond acceptors (Lipinski definition) is 3. The first kappa shape index (κ1) is 13.4. The van der Waals surface area contributed by atoms with Gasteiger partial charge in [0.25, 0.3) is 0 Å². The Labute approximate surface area is 109 Å². The number of fused-ring (bicyclic) bond motifs is 1. The second kappa shape index (κ2) is 5.72. The van der Waals surface area contributed by atoms with Crippen LogP contribution in [0.25, 0.3) is 0 Å². The predicted octanol–water partition coefficient (Wildman–Crippen LogP) is 2.95. The third kappa shape index (κ3) is 3.47. The van der Waals surface area contributed by atoms with Gasteiger partial charge in [0.15, 0.2) is 0 Å². The standard InChI is InChI=1S/C15H22O3/c1-4-16-7-8-17-14-6-5-12-11-18-15(2,3)10-13(12)9-14/h5-6,9H,4,7-8,10-11H2,1-3H3. The van der Waals surface area contributed by atoms with Crippen LogP contribution in [0, 0.1) is 0 Å². The van der Waals surface area contributed by atoms with Crippen LogP contribution in [0.1, 0.15) is 31.9 Å². The molecule has 1 aromatic carbocycles. The van der Waals surface area contributed by atoms with Crippen LogP contribution >= 0.6 is 0 Å². The van der Waals surface area contributed by atoms with E-state index >= 15 is 0 Å². The van der Waals surface area contributed by atoms with Gasteiger partial charge in [-0.1, -0.05) is 6.07 Å². The highest BCUT2D eigenvalue weighted by molar-refractivity contribution is 5.37. The Bertz CT molecular complexity index is 399. The van der Waals surface area contributed by atoms with Crippen LogP contribution in [0.4, 0.5) is 0 Å². The van der Waals surface area contributed by atoms with Crippen molar-refractivity contribution < 1.29 is 14.2 Å². The summed E-state index contributed by atoms with van der Waals surface area (Å²) >= 11 is 0. The molecule has 1 heterocycles. The lowest BCUT2D eigenvalue weighted by Crippen LogP contribution is -2.31. The van der Waals surface area contributed by atoms with E-state index in [1.165, 1.54) is 11.1 Å². The Morgan fingerprint density at radius 2 is 2.06 bits per heavy atom. The molecule has 1 aromatic rings. The Morgan fingerprint density at radius 3 is 2.83 bits per heavy atom. The molecule has 0 saturated heterocycles. The van der Waals surface area contributed by atoms with Crippen molar-refractivity contribution in [2.24, 2.45) is 0 Å². The summed E-state index contributed by atoms with van der Waals surface area (Å²) in [5.41, 5.74) is 2.53. The molecule has 0 N–H and O–H groups in total. The topological polar surface area (TPSA) is 27.7 Å². The Hall–Kier alpha value is -1.06. The van der Waals surface area contributed by atoms with Gasteiger partial charge in [-0.05, 0) is 44.0 Å². The summed E-state index contributed by atoms with van der Waals surface area (Å²) in [7, 11) is 0. The van der Waals surface area contributed by atoms with Gasteiger partial charge in [0.2, 0.25) is 0 Å². The molecule has 1 aliphatic rings. The summed E-state index contributed by atoms with van der Waals surface area (Å²) in [6.45, 7) is 8.91. The first-order chi connectivity index (χ1) is 8.61. The normalized spacial score (nSPS) is 17.3. The van der Waals surface area contributed by atoms with E-state index in [0.29, 0.717) is 19.8 Å². The van der Waals surface area contributed by atoms with Crippen LogP contribution in [-0.2, 0) is 22.5 Å². The SMILES string of the molecule is CCOCCOc1ccc2c(c1)CC(C)(C)OC2. The predicted molar refractivity (Wildman–Crippen MR) is 71.0 cm³/mol. The van der Waals surface area contributed by atoms with Gasteiger partial charge in [-0.2, -0.15) is 0 Å². The Morgan fingerprint density at radius 1 is 1.22 bits per heavy atom. The van der Waals surface area contributed by atoms with Crippen LogP contribution in [-0.4, -0.2) is 25.4 Å². The lowest BCUT2D eigenvalue weighted by molar-refractivity contribution is -0.0401.